The Morgan fingerprint density at radius 3 is 2.39 bits per heavy atom. The zero-order chi connectivity index (χ0) is 15.6. The van der Waals surface area contributed by atoms with Gasteiger partial charge in [-0.3, -0.25) is 0 Å². The molecule has 0 saturated carbocycles. The maximum Gasteiger partial charge on any atom is 0.378 e. The largest absolute Gasteiger partial charge is 0.449 e. The average molecular weight is 310 g/mol. The maximum atomic E-state index is 11.9. The normalized spacial score (nSPS) is 18.6. The molecule has 2 aromatic rings. The number of carbonyl (C=O) groups is 1. The number of hydrogen-bond donors (Lipinski definition) is 0. The quantitative estimate of drug-likeness (QED) is 0.813. The highest BCUT2D eigenvalue weighted by Gasteiger charge is 2.41. The monoisotopic (exact) mass is 310 g/mol. The van der Waals surface area contributed by atoms with E-state index < -0.39 is 12.1 Å². The van der Waals surface area contributed by atoms with Gasteiger partial charge in [0.25, 0.3) is 5.76 Å². The van der Waals surface area contributed by atoms with Crippen molar-refractivity contribution < 1.29 is 23.7 Å². The summed E-state index contributed by atoms with van der Waals surface area (Å²) in [7, 11) is 0. The molecule has 4 rings (SSSR count). The number of carbonyl (C=O) groups excluding carboxylic acids is 1. The Morgan fingerprint density at radius 1 is 0.913 bits per heavy atom. The van der Waals surface area contributed by atoms with Gasteiger partial charge in [0.2, 0.25) is 0 Å². The van der Waals surface area contributed by atoms with Crippen molar-refractivity contribution in [2.75, 3.05) is 6.61 Å². The number of esters is 1. The highest BCUT2D eigenvalue weighted by atomic mass is 16.6. The van der Waals surface area contributed by atoms with Crippen LogP contribution in [0.25, 0.3) is 0 Å². The second kappa shape index (κ2) is 5.78. The number of fused-ring (bicyclic) bond motifs is 1. The van der Waals surface area contributed by atoms with E-state index >= 15 is 0 Å². The molecule has 1 atom stereocenters. The van der Waals surface area contributed by atoms with E-state index in [4.69, 9.17) is 18.9 Å². The third-order valence-corrected chi connectivity index (χ3v) is 3.61. The third-order valence-electron chi connectivity index (χ3n) is 3.61. The van der Waals surface area contributed by atoms with Crippen LogP contribution in [0.1, 0.15) is 5.56 Å². The Hall–Kier alpha value is -2.79. The molecular formula is C18H14O5. The molecule has 0 aromatic heterocycles. The van der Waals surface area contributed by atoms with Gasteiger partial charge in [0.05, 0.1) is 13.2 Å². The van der Waals surface area contributed by atoms with Gasteiger partial charge in [-0.15, -0.1) is 0 Å². The second-order valence-electron chi connectivity index (χ2n) is 5.24. The van der Waals surface area contributed by atoms with Gasteiger partial charge in [-0.1, -0.05) is 42.5 Å². The van der Waals surface area contributed by atoms with Crippen molar-refractivity contribution in [2.24, 2.45) is 0 Å². The van der Waals surface area contributed by atoms with Crippen molar-refractivity contribution in [1.29, 1.82) is 0 Å². The zero-order valence-electron chi connectivity index (χ0n) is 12.2. The Kier molecular flexibility index (Phi) is 3.48. The summed E-state index contributed by atoms with van der Waals surface area (Å²) in [4.78, 5) is 11.9. The van der Waals surface area contributed by atoms with E-state index in [-0.39, 0.29) is 12.4 Å². The number of para-hydroxylation sites is 2. The van der Waals surface area contributed by atoms with E-state index in [1.54, 1.807) is 12.1 Å². The van der Waals surface area contributed by atoms with Crippen LogP contribution in [-0.2, 0) is 20.9 Å². The van der Waals surface area contributed by atoms with Crippen LogP contribution in [0.4, 0.5) is 0 Å². The minimum absolute atomic E-state index is 0.108. The van der Waals surface area contributed by atoms with Crippen LogP contribution < -0.4 is 9.47 Å². The molecule has 0 amide bonds. The fourth-order valence-corrected chi connectivity index (χ4v) is 2.50. The smallest absolute Gasteiger partial charge is 0.378 e. The third kappa shape index (κ3) is 2.66. The van der Waals surface area contributed by atoms with Gasteiger partial charge in [-0.25, -0.2) is 4.79 Å². The molecule has 23 heavy (non-hydrogen) atoms. The van der Waals surface area contributed by atoms with Crippen LogP contribution in [-0.4, -0.2) is 18.7 Å². The van der Waals surface area contributed by atoms with Crippen molar-refractivity contribution in [2.45, 2.75) is 12.7 Å². The van der Waals surface area contributed by atoms with Crippen LogP contribution in [0, 0.1) is 0 Å². The first kappa shape index (κ1) is 13.8. The van der Waals surface area contributed by atoms with E-state index in [0.717, 1.165) is 5.56 Å². The number of hydrogen-bond acceptors (Lipinski definition) is 5. The fourth-order valence-electron chi connectivity index (χ4n) is 2.50. The SMILES string of the molecule is O=C1OC(COCc2ccccc2)C2=C1Oc1ccccc1O2. The molecule has 0 aliphatic carbocycles. The van der Waals surface area contributed by atoms with E-state index in [1.807, 2.05) is 42.5 Å². The molecule has 0 radical (unpaired) electrons. The molecule has 2 aliphatic heterocycles. The van der Waals surface area contributed by atoms with E-state index in [1.165, 1.54) is 0 Å². The predicted octanol–water partition coefficient (Wildman–Crippen LogP) is 2.81. The first-order valence-corrected chi connectivity index (χ1v) is 7.33. The van der Waals surface area contributed by atoms with Gasteiger partial charge in [0, 0.05) is 0 Å². The van der Waals surface area contributed by atoms with Crippen LogP contribution >= 0.6 is 0 Å². The van der Waals surface area contributed by atoms with Gasteiger partial charge >= 0.3 is 5.97 Å². The van der Waals surface area contributed by atoms with Gasteiger partial charge < -0.3 is 18.9 Å². The number of benzene rings is 2. The standard InChI is InChI=1S/C18H14O5/c19-18-17-16(21-13-8-4-5-9-14(13)22-17)15(23-18)11-20-10-12-6-2-1-3-7-12/h1-9,15H,10-11H2. The van der Waals surface area contributed by atoms with Crippen molar-refractivity contribution in [1.82, 2.24) is 0 Å². The molecule has 0 spiro atoms. The van der Waals surface area contributed by atoms with E-state index in [0.29, 0.717) is 23.9 Å². The molecule has 0 fully saturated rings. The summed E-state index contributed by atoms with van der Waals surface area (Å²) < 4.78 is 22.3. The Balaban J connectivity index is 1.45. The molecule has 0 N–H and O–H groups in total. The lowest BCUT2D eigenvalue weighted by atomic mass is 10.2. The summed E-state index contributed by atoms with van der Waals surface area (Å²) in [6.07, 6.45) is -0.588. The van der Waals surface area contributed by atoms with Gasteiger partial charge in [0.1, 0.15) is 0 Å². The lowest BCUT2D eigenvalue weighted by Gasteiger charge is -2.19. The molecule has 2 aliphatic rings. The van der Waals surface area contributed by atoms with Gasteiger partial charge in [0.15, 0.2) is 23.4 Å². The highest BCUT2D eigenvalue weighted by Crippen LogP contribution is 2.39. The molecular weight excluding hydrogens is 296 g/mol. The Bertz CT molecular complexity index is 766. The molecule has 116 valence electrons. The molecule has 2 aromatic carbocycles. The van der Waals surface area contributed by atoms with E-state index in [2.05, 4.69) is 0 Å². The van der Waals surface area contributed by atoms with Crippen LogP contribution in [0.2, 0.25) is 0 Å². The van der Waals surface area contributed by atoms with Crippen LogP contribution in [0.5, 0.6) is 11.5 Å². The highest BCUT2D eigenvalue weighted by molar-refractivity contribution is 5.91. The topological polar surface area (TPSA) is 54.0 Å². The second-order valence-corrected chi connectivity index (χ2v) is 5.24. The summed E-state index contributed by atoms with van der Waals surface area (Å²) in [5.41, 5.74) is 1.05. The molecule has 1 unspecified atom stereocenters. The Labute approximate surface area is 133 Å². The summed E-state index contributed by atoms with van der Waals surface area (Å²) in [5, 5.41) is 0. The molecule has 5 nitrogen and oxygen atoms in total. The summed E-state index contributed by atoms with van der Waals surface area (Å²) in [6, 6.07) is 17.0. The van der Waals surface area contributed by atoms with Crippen molar-refractivity contribution in [3.05, 3.63) is 71.7 Å². The number of cyclic esters (lactones) is 1. The number of rotatable bonds is 4. The molecule has 0 saturated heterocycles. The molecule has 2 heterocycles. The number of ether oxygens (including phenoxy) is 4. The zero-order valence-corrected chi connectivity index (χ0v) is 12.2. The summed E-state index contributed by atoms with van der Waals surface area (Å²) in [6.45, 7) is 0.653. The lowest BCUT2D eigenvalue weighted by molar-refractivity contribution is -0.144. The first-order valence-electron chi connectivity index (χ1n) is 7.33. The summed E-state index contributed by atoms with van der Waals surface area (Å²) in [5.74, 6) is 1.04. The van der Waals surface area contributed by atoms with Crippen LogP contribution in [0.15, 0.2) is 66.1 Å². The first-order chi connectivity index (χ1) is 11.3. The minimum Gasteiger partial charge on any atom is -0.449 e. The van der Waals surface area contributed by atoms with Crippen LogP contribution in [0.3, 0.4) is 0 Å². The lowest BCUT2D eigenvalue weighted by Crippen LogP contribution is -2.22. The average Bonchev–Trinajstić information content (AvgIpc) is 2.89. The van der Waals surface area contributed by atoms with Crippen molar-refractivity contribution in [3.63, 3.8) is 0 Å². The minimum atomic E-state index is -0.588. The van der Waals surface area contributed by atoms with Crippen molar-refractivity contribution in [3.8, 4) is 11.5 Å². The van der Waals surface area contributed by atoms with Crippen molar-refractivity contribution >= 4 is 5.97 Å². The fraction of sp³-hybridized carbons (Fsp3) is 0.167. The Morgan fingerprint density at radius 2 is 1.61 bits per heavy atom. The maximum absolute atomic E-state index is 11.9. The molecule has 5 heteroatoms. The van der Waals surface area contributed by atoms with Gasteiger partial charge in [-0.05, 0) is 17.7 Å². The predicted molar refractivity (Wildman–Crippen MR) is 80.7 cm³/mol. The summed E-state index contributed by atoms with van der Waals surface area (Å²) >= 11 is 0. The van der Waals surface area contributed by atoms with E-state index in [9.17, 15) is 4.79 Å². The molecule has 0 bridgehead atoms. The van der Waals surface area contributed by atoms with Gasteiger partial charge in [-0.2, -0.15) is 0 Å².